The van der Waals surface area contributed by atoms with E-state index in [9.17, 15) is 47.8 Å². The minimum absolute atomic E-state index is 0.0714. The maximum atomic E-state index is 15.5. The van der Waals surface area contributed by atoms with Crippen LogP contribution in [0, 0.1) is 6.57 Å². The number of aromatic amines is 3. The van der Waals surface area contributed by atoms with Gasteiger partial charge in [-0.2, -0.15) is 0 Å². The molecule has 64 heavy (non-hydrogen) atoms. The summed E-state index contributed by atoms with van der Waals surface area (Å²) in [4.78, 5) is 77.4. The fourth-order valence-corrected chi connectivity index (χ4v) is 8.75. The zero-order valence-electron chi connectivity index (χ0n) is 35.7. The summed E-state index contributed by atoms with van der Waals surface area (Å²) in [5.74, 6) is 0. The molecular formula is C38H54F3N8O14P. The summed E-state index contributed by atoms with van der Waals surface area (Å²) < 4.78 is 75.7. The number of aliphatic hydroxyl groups excluding tert-OH is 3. The molecule has 356 valence electrons. The molecule has 3 aliphatic rings. The Morgan fingerprint density at radius 2 is 1.11 bits per heavy atom. The topological polar surface area (TPSA) is 279 Å². The van der Waals surface area contributed by atoms with Crippen molar-refractivity contribution in [2.75, 3.05) is 19.8 Å². The summed E-state index contributed by atoms with van der Waals surface area (Å²) in [6.07, 6.45) is -10.7. The highest BCUT2D eigenvalue weighted by molar-refractivity contribution is 7.44. The number of hydrogen-bond acceptors (Lipinski definition) is 15. The largest absolute Gasteiger partial charge is 0.394 e. The van der Waals surface area contributed by atoms with E-state index >= 15 is 4.39 Å². The second-order valence-electron chi connectivity index (χ2n) is 15.2. The maximum Gasteiger partial charge on any atom is 0.330 e. The molecular weight excluding hydrogens is 880 g/mol. The van der Waals surface area contributed by atoms with Gasteiger partial charge in [-0.15, -0.1) is 0 Å². The van der Waals surface area contributed by atoms with E-state index in [4.69, 9.17) is 34.9 Å². The molecule has 0 amide bonds. The molecule has 0 bridgehead atoms. The van der Waals surface area contributed by atoms with Crippen molar-refractivity contribution in [3.8, 4) is 0 Å². The first-order chi connectivity index (χ1) is 30.3. The Bertz CT molecular complexity index is 2270. The van der Waals surface area contributed by atoms with Crippen LogP contribution in [0.1, 0.15) is 73.1 Å². The molecule has 26 heteroatoms. The van der Waals surface area contributed by atoms with E-state index in [1.165, 1.54) is 6.20 Å². The van der Waals surface area contributed by atoms with Crippen molar-refractivity contribution < 1.29 is 51.7 Å². The van der Waals surface area contributed by atoms with E-state index in [0.717, 1.165) is 44.3 Å². The summed E-state index contributed by atoms with van der Waals surface area (Å²) in [5.41, 5.74) is -4.07. The van der Waals surface area contributed by atoms with Crippen molar-refractivity contribution in [3.63, 3.8) is 0 Å². The number of nitrogens with zero attached hydrogens (tertiary/aromatic N) is 5. The number of rotatable bonds is 14. The van der Waals surface area contributed by atoms with Crippen LogP contribution in [0.2, 0.25) is 0 Å². The van der Waals surface area contributed by atoms with Gasteiger partial charge in [-0.05, 0) is 40.5 Å². The molecule has 3 saturated heterocycles. The fraction of sp³-hybridized carbons (Fsp3) is 0.658. The van der Waals surface area contributed by atoms with Crippen molar-refractivity contribution in [1.82, 2.24) is 33.3 Å². The number of aromatic nitrogens is 6. The smallest absolute Gasteiger partial charge is 0.330 e. The van der Waals surface area contributed by atoms with Gasteiger partial charge in [0.05, 0.1) is 18.8 Å². The predicted octanol–water partition coefficient (Wildman–Crippen LogP) is 0.517. The van der Waals surface area contributed by atoms with E-state index in [-0.39, 0.29) is 25.2 Å². The minimum Gasteiger partial charge on any atom is -0.394 e. The Kier molecular flexibility index (Phi) is 19.1. The number of aliphatic hydroxyl groups is 3. The summed E-state index contributed by atoms with van der Waals surface area (Å²) >= 11 is 0. The molecule has 3 aromatic rings. The van der Waals surface area contributed by atoms with Crippen LogP contribution in [0.25, 0.3) is 4.85 Å². The van der Waals surface area contributed by atoms with Gasteiger partial charge >= 0.3 is 17.1 Å². The summed E-state index contributed by atoms with van der Waals surface area (Å²) in [7, 11) is -1.66. The number of ether oxygens (including phenoxy) is 3. The van der Waals surface area contributed by atoms with Crippen LogP contribution in [0.3, 0.4) is 0 Å². The molecule has 22 nitrogen and oxygen atoms in total. The molecule has 3 aromatic heterocycles. The normalized spacial score (nSPS) is 29.3. The van der Waals surface area contributed by atoms with Gasteiger partial charge in [-0.25, -0.2) is 38.8 Å². The molecule has 3 aliphatic heterocycles. The summed E-state index contributed by atoms with van der Waals surface area (Å²) in [5, 5.41) is 27.8. The second kappa shape index (κ2) is 23.5. The van der Waals surface area contributed by atoms with E-state index in [0.29, 0.717) is 12.8 Å². The Labute approximate surface area is 363 Å². The number of nitrogens with one attached hydrogen (secondary N) is 3. The Morgan fingerprint density at radius 1 is 0.719 bits per heavy atom. The first kappa shape index (κ1) is 52.0. The van der Waals surface area contributed by atoms with Crippen molar-refractivity contribution in [1.29, 1.82) is 0 Å². The third-order valence-corrected chi connectivity index (χ3v) is 12.2. The highest BCUT2D eigenvalue weighted by Gasteiger charge is 2.49. The Morgan fingerprint density at radius 3 is 1.45 bits per heavy atom. The zero-order valence-corrected chi connectivity index (χ0v) is 36.6. The quantitative estimate of drug-likeness (QED) is 0.0731. The standard InChI is InChI=1S/C19H30FN4O5P.C10H13FN2O4.C9H11FN2O5/c1-7-14-17(16(20)18(28-14)23-10-8-15(25)22-19(23)26)29-30(27-11-9-21-6)24(12(2)3)13(4)5;1-2-5-8(15)7(11)9(17-5)13-4-3-6(14)12-10(13)16;10-6-7(15)4(3-13)17-8(6)12-2-1-5(14)11-9(12)16/h8,10,12-14,16-18H,7,9,11H2,1-5H3,(H,22,25,26);3-5,7-9,15H,2H2,1H3,(H,12,14,16);1-2,4,6-8,13,15H,3H2,(H,11,14,16). The molecule has 13 unspecified atom stereocenters. The van der Waals surface area contributed by atoms with Crippen molar-refractivity contribution in [3.05, 3.63) is 111 Å². The van der Waals surface area contributed by atoms with E-state index in [2.05, 4.69) is 9.83 Å². The first-order valence-corrected chi connectivity index (χ1v) is 21.4. The molecule has 0 saturated carbocycles. The predicted molar refractivity (Wildman–Crippen MR) is 221 cm³/mol. The van der Waals surface area contributed by atoms with Gasteiger partial charge < -0.3 is 43.4 Å². The first-order valence-electron chi connectivity index (χ1n) is 20.3. The lowest BCUT2D eigenvalue weighted by Gasteiger charge is -2.37. The third-order valence-electron chi connectivity index (χ3n) is 10.1. The number of halogens is 3. The Hall–Kier alpha value is -4.61. The lowest BCUT2D eigenvalue weighted by molar-refractivity contribution is -0.0491. The molecule has 6 N–H and O–H groups in total. The molecule has 6 rings (SSSR count). The lowest BCUT2D eigenvalue weighted by atomic mass is 10.1. The van der Waals surface area contributed by atoms with Gasteiger partial charge in [0.2, 0.25) is 6.54 Å². The van der Waals surface area contributed by atoms with Gasteiger partial charge in [0.25, 0.3) is 25.2 Å². The van der Waals surface area contributed by atoms with Crippen LogP contribution in [-0.4, -0.2) is 136 Å². The van der Waals surface area contributed by atoms with Gasteiger partial charge in [0.15, 0.2) is 37.2 Å². The SMILES string of the molecule is CCC1OC(n2ccc(=O)[nH]c2=O)C(F)C1O.O=c1ccn(C2OC(CO)C(O)C2F)c(=O)[nH]1.[C-]#[N+]CCOP(OC1C(CC)OC(n2ccc(=O)[nH]c2=O)C1F)N(C(C)C)C(C)C. The van der Waals surface area contributed by atoms with Crippen molar-refractivity contribution in [2.24, 2.45) is 0 Å². The van der Waals surface area contributed by atoms with E-state index < -0.39 is 123 Å². The van der Waals surface area contributed by atoms with Gasteiger partial charge in [-0.3, -0.25) is 43.0 Å². The van der Waals surface area contributed by atoms with Gasteiger partial charge in [-0.1, -0.05) is 13.8 Å². The molecule has 0 aliphatic carbocycles. The molecule has 3 fully saturated rings. The maximum absolute atomic E-state index is 15.5. The average Bonchev–Trinajstić information content (AvgIpc) is 3.82. The highest BCUT2D eigenvalue weighted by atomic mass is 31.2. The van der Waals surface area contributed by atoms with E-state index in [1.54, 1.807) is 6.92 Å². The molecule has 0 radical (unpaired) electrons. The van der Waals surface area contributed by atoms with Crippen molar-refractivity contribution in [2.45, 2.75) is 140 Å². The number of H-pyrrole nitrogens is 3. The number of alkyl halides is 3. The van der Waals surface area contributed by atoms with Crippen LogP contribution >= 0.6 is 8.53 Å². The van der Waals surface area contributed by atoms with Crippen LogP contribution in [0.15, 0.2) is 65.6 Å². The van der Waals surface area contributed by atoms with Gasteiger partial charge in [0.1, 0.15) is 31.0 Å². The monoisotopic (exact) mass is 934 g/mol. The molecule has 6 heterocycles. The van der Waals surface area contributed by atoms with E-state index in [1.807, 2.05) is 49.3 Å². The number of hydrogen-bond donors (Lipinski definition) is 6. The zero-order chi connectivity index (χ0) is 47.6. The summed E-state index contributed by atoms with van der Waals surface area (Å²) in [6, 6.07) is 3.43. The highest BCUT2D eigenvalue weighted by Crippen LogP contribution is 2.50. The minimum atomic E-state index is -1.85. The van der Waals surface area contributed by atoms with Crippen LogP contribution in [0.4, 0.5) is 13.2 Å². The molecule has 0 aromatic carbocycles. The van der Waals surface area contributed by atoms with Gasteiger partial charge in [0, 0.05) is 48.9 Å². The average molecular weight is 935 g/mol. The third kappa shape index (κ3) is 12.4. The summed E-state index contributed by atoms with van der Waals surface area (Å²) in [6.45, 7) is 18.3. The molecule has 13 atom stereocenters. The van der Waals surface area contributed by atoms with Crippen LogP contribution in [0.5, 0.6) is 0 Å². The van der Waals surface area contributed by atoms with Crippen LogP contribution in [-0.2, 0) is 23.3 Å². The molecule has 0 spiro atoms. The van der Waals surface area contributed by atoms with Crippen LogP contribution < -0.4 is 33.7 Å². The Balaban J connectivity index is 0.000000225. The second-order valence-corrected chi connectivity index (χ2v) is 16.6. The van der Waals surface area contributed by atoms with Crippen molar-refractivity contribution >= 4 is 8.53 Å². The fourth-order valence-electron chi connectivity index (χ4n) is 6.99. The lowest BCUT2D eigenvalue weighted by Crippen LogP contribution is -2.39.